The summed E-state index contributed by atoms with van der Waals surface area (Å²) in [6.45, 7) is 1.96. The van der Waals surface area contributed by atoms with Crippen molar-refractivity contribution in [2.75, 3.05) is 13.2 Å². The molecule has 0 spiro atoms. The van der Waals surface area contributed by atoms with Crippen LogP contribution in [0.3, 0.4) is 0 Å². The lowest BCUT2D eigenvalue weighted by molar-refractivity contribution is 0.0326. The van der Waals surface area contributed by atoms with Gasteiger partial charge >= 0.3 is 5.97 Å². The van der Waals surface area contributed by atoms with Gasteiger partial charge in [-0.25, -0.2) is 4.79 Å². The second-order valence-corrected chi connectivity index (χ2v) is 8.39. The molecule has 0 fully saturated rings. The largest absolute Gasteiger partial charge is 0.460 e. The minimum absolute atomic E-state index is 0.0663. The molecule has 1 aromatic heterocycles. The number of hydrogen-bond donors (Lipinski definition) is 0. The van der Waals surface area contributed by atoms with E-state index in [4.69, 9.17) is 21.6 Å². The SMILES string of the molecule is N#Cc1cccc(C(=O)OCC(c2ccc(Cl)cc2)N2CCc3sccc3C2)c1. The molecule has 0 radical (unpaired) electrons. The lowest BCUT2D eigenvalue weighted by Gasteiger charge is -2.34. The number of rotatable bonds is 5. The van der Waals surface area contributed by atoms with Crippen LogP contribution < -0.4 is 0 Å². The summed E-state index contributed by atoms with van der Waals surface area (Å²) < 4.78 is 5.68. The van der Waals surface area contributed by atoms with Crippen molar-refractivity contribution in [1.29, 1.82) is 5.26 Å². The average molecular weight is 423 g/mol. The highest BCUT2D eigenvalue weighted by atomic mass is 35.5. The standard InChI is InChI=1S/C23H19ClN2O2S/c24-20-6-4-17(5-7-20)21(26-10-8-22-19(14-26)9-11-29-22)15-28-23(27)18-3-1-2-16(12-18)13-25/h1-7,9,11-12,21H,8,10,14-15H2. The third kappa shape index (κ3) is 4.51. The van der Waals surface area contributed by atoms with Gasteiger partial charge in [0.1, 0.15) is 6.61 Å². The Hall–Kier alpha value is -2.65. The molecule has 1 aliphatic heterocycles. The Kier molecular flexibility index (Phi) is 5.96. The predicted molar refractivity (Wildman–Crippen MR) is 114 cm³/mol. The smallest absolute Gasteiger partial charge is 0.338 e. The van der Waals surface area contributed by atoms with Crippen LogP contribution in [0.15, 0.2) is 60.0 Å². The molecule has 0 bridgehead atoms. The molecule has 0 N–H and O–H groups in total. The van der Waals surface area contributed by atoms with Crippen LogP contribution in [0.2, 0.25) is 5.02 Å². The minimum atomic E-state index is -0.422. The Morgan fingerprint density at radius 2 is 2.07 bits per heavy atom. The Balaban J connectivity index is 1.53. The van der Waals surface area contributed by atoms with E-state index in [1.54, 1.807) is 35.6 Å². The van der Waals surface area contributed by atoms with Crippen LogP contribution in [-0.4, -0.2) is 24.0 Å². The van der Waals surface area contributed by atoms with Crippen molar-refractivity contribution < 1.29 is 9.53 Å². The number of esters is 1. The molecule has 3 aromatic rings. The van der Waals surface area contributed by atoms with Gasteiger partial charge in [0.2, 0.25) is 0 Å². The molecule has 0 aliphatic carbocycles. The number of ether oxygens (including phenoxy) is 1. The molecule has 0 saturated carbocycles. The quantitative estimate of drug-likeness (QED) is 0.528. The van der Waals surface area contributed by atoms with E-state index in [2.05, 4.69) is 16.3 Å². The first-order valence-corrected chi connectivity index (χ1v) is 10.6. The lowest BCUT2D eigenvalue weighted by atomic mass is 10.0. The maximum atomic E-state index is 12.6. The number of nitrogens with zero attached hydrogens (tertiary/aromatic N) is 2. The van der Waals surface area contributed by atoms with Crippen LogP contribution in [0.5, 0.6) is 0 Å². The predicted octanol–water partition coefficient (Wildman–Crippen LogP) is 5.23. The van der Waals surface area contributed by atoms with E-state index in [9.17, 15) is 4.79 Å². The Morgan fingerprint density at radius 1 is 1.24 bits per heavy atom. The zero-order valence-electron chi connectivity index (χ0n) is 15.7. The van der Waals surface area contributed by atoms with Gasteiger partial charge in [0.25, 0.3) is 0 Å². The van der Waals surface area contributed by atoms with Crippen molar-refractivity contribution in [3.05, 3.63) is 92.1 Å². The summed E-state index contributed by atoms with van der Waals surface area (Å²) in [4.78, 5) is 16.3. The number of hydrogen-bond acceptors (Lipinski definition) is 5. The molecule has 0 amide bonds. The number of benzene rings is 2. The Morgan fingerprint density at radius 3 is 2.86 bits per heavy atom. The first-order valence-electron chi connectivity index (χ1n) is 9.36. The van der Waals surface area contributed by atoms with Crippen molar-refractivity contribution in [3.63, 3.8) is 0 Å². The van der Waals surface area contributed by atoms with E-state index < -0.39 is 5.97 Å². The van der Waals surface area contributed by atoms with E-state index in [0.29, 0.717) is 16.1 Å². The Bertz CT molecular complexity index is 1060. The van der Waals surface area contributed by atoms with Crippen LogP contribution in [0, 0.1) is 11.3 Å². The van der Waals surface area contributed by atoms with E-state index in [-0.39, 0.29) is 12.6 Å². The third-order valence-corrected chi connectivity index (χ3v) is 6.41. The topological polar surface area (TPSA) is 53.3 Å². The summed E-state index contributed by atoms with van der Waals surface area (Å²) in [5.74, 6) is -0.422. The van der Waals surface area contributed by atoms with E-state index in [1.165, 1.54) is 10.4 Å². The highest BCUT2D eigenvalue weighted by Gasteiger charge is 2.27. The summed E-state index contributed by atoms with van der Waals surface area (Å²) in [6.07, 6.45) is 0.995. The average Bonchev–Trinajstić information content (AvgIpc) is 3.23. The van der Waals surface area contributed by atoms with Crippen molar-refractivity contribution in [2.45, 2.75) is 19.0 Å². The zero-order valence-corrected chi connectivity index (χ0v) is 17.2. The number of thiophene rings is 1. The lowest BCUT2D eigenvalue weighted by Crippen LogP contribution is -2.36. The molecule has 146 valence electrons. The number of fused-ring (bicyclic) bond motifs is 1. The first kappa shape index (κ1) is 19.7. The van der Waals surface area contributed by atoms with Gasteiger partial charge in [0, 0.05) is 23.0 Å². The van der Waals surface area contributed by atoms with Crippen molar-refractivity contribution >= 4 is 28.9 Å². The van der Waals surface area contributed by atoms with Crippen molar-refractivity contribution in [3.8, 4) is 6.07 Å². The normalized spacial score (nSPS) is 14.6. The summed E-state index contributed by atoms with van der Waals surface area (Å²) in [5.41, 5.74) is 3.23. The summed E-state index contributed by atoms with van der Waals surface area (Å²) >= 11 is 7.87. The maximum Gasteiger partial charge on any atom is 0.338 e. The molecule has 1 aliphatic rings. The van der Waals surface area contributed by atoms with E-state index in [1.807, 2.05) is 30.3 Å². The molecule has 4 rings (SSSR count). The first-order chi connectivity index (χ1) is 14.1. The van der Waals surface area contributed by atoms with Gasteiger partial charge in [0.15, 0.2) is 0 Å². The minimum Gasteiger partial charge on any atom is -0.460 e. The Labute approximate surface area is 178 Å². The van der Waals surface area contributed by atoms with Gasteiger partial charge in [-0.05, 0) is 59.3 Å². The summed E-state index contributed by atoms with van der Waals surface area (Å²) in [5, 5.41) is 11.9. The number of nitriles is 1. The second-order valence-electron chi connectivity index (χ2n) is 6.95. The van der Waals surface area contributed by atoms with Gasteiger partial charge in [-0.2, -0.15) is 5.26 Å². The molecule has 1 atom stereocenters. The van der Waals surface area contributed by atoms with Gasteiger partial charge in [-0.3, -0.25) is 4.90 Å². The third-order valence-electron chi connectivity index (χ3n) is 5.13. The molecule has 29 heavy (non-hydrogen) atoms. The van der Waals surface area contributed by atoms with Crippen LogP contribution in [0.4, 0.5) is 0 Å². The highest BCUT2D eigenvalue weighted by molar-refractivity contribution is 7.10. The number of carbonyl (C=O) groups excluding carboxylic acids is 1. The molecule has 6 heteroatoms. The molecule has 4 nitrogen and oxygen atoms in total. The summed E-state index contributed by atoms with van der Waals surface area (Å²) in [7, 11) is 0. The molecule has 2 heterocycles. The number of carbonyl (C=O) groups is 1. The molecule has 0 saturated heterocycles. The number of halogens is 1. The van der Waals surface area contributed by atoms with Gasteiger partial charge in [-0.1, -0.05) is 29.8 Å². The van der Waals surface area contributed by atoms with Crippen molar-refractivity contribution in [1.82, 2.24) is 4.90 Å². The van der Waals surface area contributed by atoms with Crippen LogP contribution >= 0.6 is 22.9 Å². The molecular weight excluding hydrogens is 404 g/mol. The molecule has 1 unspecified atom stereocenters. The fourth-order valence-corrected chi connectivity index (χ4v) is 4.60. The summed E-state index contributed by atoms with van der Waals surface area (Å²) in [6, 6.07) is 18.4. The zero-order chi connectivity index (χ0) is 20.2. The van der Waals surface area contributed by atoms with E-state index in [0.717, 1.165) is 25.1 Å². The molecule has 2 aromatic carbocycles. The van der Waals surface area contributed by atoms with Crippen molar-refractivity contribution in [2.24, 2.45) is 0 Å². The van der Waals surface area contributed by atoms with Crippen LogP contribution in [-0.2, 0) is 17.7 Å². The van der Waals surface area contributed by atoms with Gasteiger partial charge < -0.3 is 4.74 Å². The molecular formula is C23H19ClN2O2S. The fraction of sp³-hybridized carbons (Fsp3) is 0.217. The highest BCUT2D eigenvalue weighted by Crippen LogP contribution is 2.31. The monoisotopic (exact) mass is 422 g/mol. The van der Waals surface area contributed by atoms with Gasteiger partial charge in [-0.15, -0.1) is 11.3 Å². The van der Waals surface area contributed by atoms with Gasteiger partial charge in [0.05, 0.1) is 23.2 Å². The fourth-order valence-electron chi connectivity index (χ4n) is 3.59. The maximum absolute atomic E-state index is 12.6. The second kappa shape index (κ2) is 8.79. The van der Waals surface area contributed by atoms with Crippen LogP contribution in [0.1, 0.15) is 38.0 Å². The van der Waals surface area contributed by atoms with Crippen LogP contribution in [0.25, 0.3) is 0 Å². The van der Waals surface area contributed by atoms with E-state index >= 15 is 0 Å².